The molecule has 5 rings (SSSR count). The molecule has 0 N–H and O–H groups in total. The number of amides is 1. The van der Waals surface area contributed by atoms with E-state index < -0.39 is 15.9 Å². The molecule has 0 saturated carbocycles. The normalized spacial score (nSPS) is 17.3. The summed E-state index contributed by atoms with van der Waals surface area (Å²) in [4.78, 5) is 14.9. The molecule has 0 saturated heterocycles. The molecule has 3 aromatic carbocycles. The van der Waals surface area contributed by atoms with Crippen LogP contribution in [0.25, 0.3) is 0 Å². The van der Waals surface area contributed by atoms with Gasteiger partial charge in [-0.25, -0.2) is 12.7 Å². The van der Waals surface area contributed by atoms with Crippen molar-refractivity contribution >= 4 is 15.9 Å². The van der Waals surface area contributed by atoms with Crippen molar-refractivity contribution in [3.8, 4) is 23.3 Å². The molecule has 1 atom stereocenters. The second-order valence-electron chi connectivity index (χ2n) is 10.0. The number of sulfonamides is 1. The molecule has 1 amide bonds. The predicted molar refractivity (Wildman–Crippen MR) is 149 cm³/mol. The maximum atomic E-state index is 12.8. The van der Waals surface area contributed by atoms with Crippen LogP contribution in [-0.4, -0.2) is 55.4 Å². The first-order valence-corrected chi connectivity index (χ1v) is 14.6. The number of benzene rings is 3. The number of carbonyl (C=O) groups excluding carboxylic acids is 1. The van der Waals surface area contributed by atoms with Gasteiger partial charge in [0.2, 0.25) is 0 Å². The fourth-order valence-corrected chi connectivity index (χ4v) is 6.38. The third kappa shape index (κ3) is 5.95. The third-order valence-electron chi connectivity index (χ3n) is 6.72. The summed E-state index contributed by atoms with van der Waals surface area (Å²) in [5, 5.41) is 0. The van der Waals surface area contributed by atoms with Gasteiger partial charge in [0.05, 0.1) is 24.8 Å². The van der Waals surface area contributed by atoms with Crippen LogP contribution in [0.3, 0.4) is 0 Å². The number of para-hydroxylation sites is 1. The molecule has 0 spiro atoms. The van der Waals surface area contributed by atoms with Crippen molar-refractivity contribution in [2.24, 2.45) is 0 Å². The molecule has 8 heteroatoms. The molecule has 39 heavy (non-hydrogen) atoms. The Kier molecular flexibility index (Phi) is 7.92. The quantitative estimate of drug-likeness (QED) is 0.388. The van der Waals surface area contributed by atoms with E-state index in [1.807, 2.05) is 44.2 Å². The molecule has 0 fully saturated rings. The Hall–Kier alpha value is -3.80. The molecule has 202 valence electrons. The van der Waals surface area contributed by atoms with Crippen molar-refractivity contribution in [3.63, 3.8) is 0 Å². The zero-order valence-corrected chi connectivity index (χ0v) is 23.0. The highest BCUT2D eigenvalue weighted by Gasteiger charge is 2.40. The van der Waals surface area contributed by atoms with Gasteiger partial charge in [-0.1, -0.05) is 66.4 Å². The first-order chi connectivity index (χ1) is 18.8. The Balaban J connectivity index is 1.29. The topological polar surface area (TPSA) is 76.2 Å². The molecule has 2 heterocycles. The van der Waals surface area contributed by atoms with Gasteiger partial charge < -0.3 is 9.47 Å². The average Bonchev–Trinajstić information content (AvgIpc) is 3.12. The Morgan fingerprint density at radius 3 is 2.56 bits per heavy atom. The first kappa shape index (κ1) is 26.8. The highest BCUT2D eigenvalue weighted by Crippen LogP contribution is 2.37. The van der Waals surface area contributed by atoms with Crippen LogP contribution in [0, 0.1) is 11.8 Å². The summed E-state index contributed by atoms with van der Waals surface area (Å²) in [6.45, 7) is 5.53. The number of rotatable bonds is 8. The minimum atomic E-state index is -3.87. The molecule has 2 aliphatic heterocycles. The highest BCUT2D eigenvalue weighted by atomic mass is 32.2. The van der Waals surface area contributed by atoms with Crippen molar-refractivity contribution in [2.75, 3.05) is 19.6 Å². The van der Waals surface area contributed by atoms with E-state index in [-0.39, 0.29) is 29.2 Å². The SMILES string of the molecule is CC(C)Oc1cccc2c1O[C@@H](CN(CC#CCN1C(=O)c3ccccc3S1(=O)=O)Cc1ccccc1)CC2. The van der Waals surface area contributed by atoms with E-state index in [1.54, 1.807) is 12.1 Å². The summed E-state index contributed by atoms with van der Waals surface area (Å²) < 4.78 is 38.9. The van der Waals surface area contributed by atoms with E-state index in [1.165, 1.54) is 12.1 Å². The molecular formula is C31H32N2O5S. The van der Waals surface area contributed by atoms with Gasteiger partial charge in [0, 0.05) is 13.1 Å². The summed E-state index contributed by atoms with van der Waals surface area (Å²) in [5.41, 5.74) is 2.49. The second kappa shape index (κ2) is 11.5. The van der Waals surface area contributed by atoms with Crippen LogP contribution in [0.15, 0.2) is 77.7 Å². The zero-order valence-electron chi connectivity index (χ0n) is 22.2. The highest BCUT2D eigenvalue weighted by molar-refractivity contribution is 7.90. The van der Waals surface area contributed by atoms with Gasteiger partial charge in [-0.2, -0.15) is 0 Å². The summed E-state index contributed by atoms with van der Waals surface area (Å²) in [6.07, 6.45) is 1.77. The number of hydrogen-bond acceptors (Lipinski definition) is 6. The lowest BCUT2D eigenvalue weighted by molar-refractivity contribution is 0.0882. The molecule has 3 aromatic rings. The lowest BCUT2D eigenvalue weighted by Crippen LogP contribution is -2.38. The van der Waals surface area contributed by atoms with Gasteiger partial charge in [-0.05, 0) is 56.0 Å². The minimum Gasteiger partial charge on any atom is -0.487 e. The number of hydrogen-bond donors (Lipinski definition) is 0. The molecule has 0 radical (unpaired) electrons. The Morgan fingerprint density at radius 1 is 1.03 bits per heavy atom. The Bertz CT molecular complexity index is 1510. The smallest absolute Gasteiger partial charge is 0.269 e. The number of aryl methyl sites for hydroxylation is 1. The average molecular weight is 545 g/mol. The maximum absolute atomic E-state index is 12.8. The van der Waals surface area contributed by atoms with Gasteiger partial charge in [-0.3, -0.25) is 9.69 Å². The van der Waals surface area contributed by atoms with Crippen LogP contribution in [0.5, 0.6) is 11.5 Å². The van der Waals surface area contributed by atoms with Crippen LogP contribution >= 0.6 is 0 Å². The van der Waals surface area contributed by atoms with Crippen molar-refractivity contribution in [2.45, 2.75) is 50.3 Å². The molecule has 0 unspecified atom stereocenters. The van der Waals surface area contributed by atoms with Crippen molar-refractivity contribution in [1.29, 1.82) is 0 Å². The number of nitrogens with zero attached hydrogens (tertiary/aromatic N) is 2. The summed E-state index contributed by atoms with van der Waals surface area (Å²) in [5.74, 6) is 7.06. The fourth-order valence-electron chi connectivity index (χ4n) is 4.91. The van der Waals surface area contributed by atoms with E-state index in [0.717, 1.165) is 39.8 Å². The van der Waals surface area contributed by atoms with Crippen LogP contribution in [0.4, 0.5) is 0 Å². The largest absolute Gasteiger partial charge is 0.487 e. The van der Waals surface area contributed by atoms with Gasteiger partial charge in [0.15, 0.2) is 11.5 Å². The molecule has 0 bridgehead atoms. The van der Waals surface area contributed by atoms with Crippen LogP contribution in [0.1, 0.15) is 41.8 Å². The minimum absolute atomic E-state index is 0.0399. The van der Waals surface area contributed by atoms with Gasteiger partial charge >= 0.3 is 0 Å². The molecular weight excluding hydrogens is 512 g/mol. The lowest BCUT2D eigenvalue weighted by atomic mass is 10.0. The second-order valence-corrected chi connectivity index (χ2v) is 11.8. The fraction of sp³-hybridized carbons (Fsp3) is 0.323. The van der Waals surface area contributed by atoms with Gasteiger partial charge in [0.25, 0.3) is 15.9 Å². The van der Waals surface area contributed by atoms with Crippen LogP contribution < -0.4 is 9.47 Å². The van der Waals surface area contributed by atoms with Crippen LogP contribution in [-0.2, 0) is 23.0 Å². The number of ether oxygens (including phenoxy) is 2. The van der Waals surface area contributed by atoms with E-state index >= 15 is 0 Å². The van der Waals surface area contributed by atoms with Crippen molar-refractivity contribution < 1.29 is 22.7 Å². The van der Waals surface area contributed by atoms with E-state index in [4.69, 9.17) is 9.47 Å². The lowest BCUT2D eigenvalue weighted by Gasteiger charge is -2.31. The van der Waals surface area contributed by atoms with Gasteiger partial charge in [-0.15, -0.1) is 0 Å². The Morgan fingerprint density at radius 2 is 1.79 bits per heavy atom. The van der Waals surface area contributed by atoms with Gasteiger partial charge in [0.1, 0.15) is 11.0 Å². The predicted octanol–water partition coefficient (Wildman–Crippen LogP) is 4.52. The third-order valence-corrected chi connectivity index (χ3v) is 8.50. The number of carbonyl (C=O) groups is 1. The first-order valence-electron chi connectivity index (χ1n) is 13.2. The monoisotopic (exact) mass is 544 g/mol. The molecule has 7 nitrogen and oxygen atoms in total. The summed E-state index contributed by atoms with van der Waals surface area (Å²) in [7, 11) is -3.87. The molecule has 0 aliphatic carbocycles. The standard InChI is InChI=1S/C31H32N2O5S/c1-23(2)37-28-15-10-13-25-17-18-26(38-30(25)28)22-32(21-24-11-4-3-5-12-24)19-8-9-20-33-31(34)27-14-6-7-16-29(27)39(33,35)36/h3-7,10-16,23,26H,17-22H2,1-2H3/t26-/m1/s1. The molecule has 0 aromatic heterocycles. The van der Waals surface area contributed by atoms with Crippen molar-refractivity contribution in [3.05, 3.63) is 89.5 Å². The Labute approximate surface area is 230 Å². The summed E-state index contributed by atoms with van der Waals surface area (Å²) in [6, 6.07) is 22.4. The number of fused-ring (bicyclic) bond motifs is 2. The van der Waals surface area contributed by atoms with E-state index in [9.17, 15) is 13.2 Å². The van der Waals surface area contributed by atoms with Crippen LogP contribution in [0.2, 0.25) is 0 Å². The zero-order chi connectivity index (χ0) is 27.4. The molecule has 2 aliphatic rings. The van der Waals surface area contributed by atoms with E-state index in [0.29, 0.717) is 19.6 Å². The maximum Gasteiger partial charge on any atom is 0.269 e. The van der Waals surface area contributed by atoms with Crippen molar-refractivity contribution in [1.82, 2.24) is 9.21 Å². The summed E-state index contributed by atoms with van der Waals surface area (Å²) >= 11 is 0. The van der Waals surface area contributed by atoms with E-state index in [2.05, 4.69) is 34.9 Å².